The molecule has 0 saturated heterocycles. The summed E-state index contributed by atoms with van der Waals surface area (Å²) in [6, 6.07) is 1.67. The Kier molecular flexibility index (Phi) is 2.59. The first-order valence-corrected chi connectivity index (χ1v) is 5.16. The Morgan fingerprint density at radius 3 is 3.07 bits per heavy atom. The molecule has 4 heteroatoms. The van der Waals surface area contributed by atoms with Gasteiger partial charge in [0.05, 0.1) is 5.02 Å². The van der Waals surface area contributed by atoms with Gasteiger partial charge in [0.15, 0.2) is 11.6 Å². The predicted octanol–water partition coefficient (Wildman–Crippen LogP) is 3.08. The van der Waals surface area contributed by atoms with Gasteiger partial charge in [-0.1, -0.05) is 24.9 Å². The van der Waals surface area contributed by atoms with Gasteiger partial charge in [0, 0.05) is 12.2 Å². The average Bonchev–Trinajstić information content (AvgIpc) is 2.89. The van der Waals surface area contributed by atoms with Crippen molar-refractivity contribution in [2.75, 3.05) is 5.32 Å². The van der Waals surface area contributed by atoms with E-state index in [2.05, 4.69) is 17.2 Å². The molecule has 1 aromatic heterocycles. The largest absolute Gasteiger partial charge is 0.365 e. The van der Waals surface area contributed by atoms with Crippen molar-refractivity contribution in [3.8, 4) is 0 Å². The van der Waals surface area contributed by atoms with E-state index in [0.717, 1.165) is 12.8 Å². The van der Waals surface area contributed by atoms with Crippen LogP contribution < -0.4 is 5.32 Å². The van der Waals surface area contributed by atoms with Gasteiger partial charge in [-0.3, -0.25) is 0 Å². The number of hydrogen-bond acceptors (Lipinski definition) is 2. The van der Waals surface area contributed by atoms with E-state index in [0.29, 0.717) is 22.8 Å². The van der Waals surface area contributed by atoms with Gasteiger partial charge in [-0.25, -0.2) is 9.37 Å². The Morgan fingerprint density at radius 1 is 1.71 bits per heavy atom. The number of anilines is 1. The Labute approximate surface area is 87.5 Å². The van der Waals surface area contributed by atoms with Gasteiger partial charge in [-0.15, -0.1) is 0 Å². The van der Waals surface area contributed by atoms with Gasteiger partial charge in [-0.05, 0) is 18.4 Å². The van der Waals surface area contributed by atoms with Crippen LogP contribution in [0.4, 0.5) is 10.2 Å². The summed E-state index contributed by atoms with van der Waals surface area (Å²) >= 11 is 5.59. The first-order chi connectivity index (χ1) is 6.70. The molecule has 0 aromatic carbocycles. The highest BCUT2D eigenvalue weighted by molar-refractivity contribution is 6.30. The normalized spacial score (nSPS) is 24.8. The van der Waals surface area contributed by atoms with E-state index in [4.69, 9.17) is 11.6 Å². The molecule has 0 aliphatic heterocycles. The maximum Gasteiger partial charge on any atom is 0.166 e. The van der Waals surface area contributed by atoms with Crippen molar-refractivity contribution >= 4 is 17.4 Å². The maximum atomic E-state index is 13.3. The zero-order valence-corrected chi connectivity index (χ0v) is 8.68. The molecule has 0 bridgehead atoms. The smallest absolute Gasteiger partial charge is 0.166 e. The van der Waals surface area contributed by atoms with Crippen LogP contribution in [0.5, 0.6) is 0 Å². The highest BCUT2D eigenvalue weighted by Crippen LogP contribution is 2.36. The molecule has 1 heterocycles. The molecule has 14 heavy (non-hydrogen) atoms. The van der Waals surface area contributed by atoms with E-state index in [9.17, 15) is 4.39 Å². The molecule has 2 nitrogen and oxygen atoms in total. The molecule has 1 aliphatic carbocycles. The molecule has 2 rings (SSSR count). The van der Waals surface area contributed by atoms with E-state index in [1.54, 1.807) is 0 Å². The van der Waals surface area contributed by atoms with E-state index in [-0.39, 0.29) is 5.82 Å². The molecule has 0 radical (unpaired) electrons. The van der Waals surface area contributed by atoms with Crippen molar-refractivity contribution < 1.29 is 4.39 Å². The van der Waals surface area contributed by atoms with Crippen LogP contribution in [0, 0.1) is 11.7 Å². The van der Waals surface area contributed by atoms with Crippen LogP contribution in [0.3, 0.4) is 0 Å². The minimum Gasteiger partial charge on any atom is -0.365 e. The summed E-state index contributed by atoms with van der Waals surface area (Å²) in [6.07, 6.45) is 3.70. The van der Waals surface area contributed by atoms with Crippen molar-refractivity contribution in [3.05, 3.63) is 23.1 Å². The maximum absolute atomic E-state index is 13.3. The van der Waals surface area contributed by atoms with Crippen LogP contribution in [0.15, 0.2) is 12.3 Å². The zero-order valence-electron chi connectivity index (χ0n) is 7.93. The summed E-state index contributed by atoms with van der Waals surface area (Å²) in [5, 5.41) is 3.40. The second-order valence-corrected chi connectivity index (χ2v) is 4.08. The van der Waals surface area contributed by atoms with Gasteiger partial charge in [0.2, 0.25) is 0 Å². The van der Waals surface area contributed by atoms with Crippen molar-refractivity contribution in [2.45, 2.75) is 25.8 Å². The SMILES string of the molecule is CCC1CC1Nc1ncc(Cl)cc1F. The number of nitrogens with zero attached hydrogens (tertiary/aromatic N) is 1. The number of nitrogens with one attached hydrogen (secondary N) is 1. The lowest BCUT2D eigenvalue weighted by atomic mass is 10.3. The first-order valence-electron chi connectivity index (χ1n) is 4.78. The second-order valence-electron chi connectivity index (χ2n) is 3.64. The Balaban J connectivity index is 2.03. The van der Waals surface area contributed by atoms with Crippen LogP contribution in [-0.2, 0) is 0 Å². The van der Waals surface area contributed by atoms with Crippen LogP contribution in [0.2, 0.25) is 5.02 Å². The minimum atomic E-state index is -0.376. The molecule has 1 fully saturated rings. The summed E-state index contributed by atoms with van der Waals surface area (Å²) in [4.78, 5) is 3.91. The summed E-state index contributed by atoms with van der Waals surface area (Å²) < 4.78 is 13.3. The number of rotatable bonds is 3. The van der Waals surface area contributed by atoms with Gasteiger partial charge in [-0.2, -0.15) is 0 Å². The molecule has 1 saturated carbocycles. The summed E-state index contributed by atoms with van der Waals surface area (Å²) in [7, 11) is 0. The van der Waals surface area contributed by atoms with E-state index in [1.807, 2.05) is 0 Å². The number of pyridine rings is 1. The predicted molar refractivity (Wildman–Crippen MR) is 55.0 cm³/mol. The Bertz CT molecular complexity index is 343. The van der Waals surface area contributed by atoms with Crippen molar-refractivity contribution in [1.29, 1.82) is 0 Å². The third-order valence-electron chi connectivity index (χ3n) is 2.58. The van der Waals surface area contributed by atoms with Gasteiger partial charge in [0.25, 0.3) is 0 Å². The average molecular weight is 215 g/mol. The Hall–Kier alpha value is -0.830. The third-order valence-corrected chi connectivity index (χ3v) is 2.78. The van der Waals surface area contributed by atoms with Crippen molar-refractivity contribution in [2.24, 2.45) is 5.92 Å². The highest BCUT2D eigenvalue weighted by atomic mass is 35.5. The fourth-order valence-electron chi connectivity index (χ4n) is 1.57. The summed E-state index contributed by atoms with van der Waals surface area (Å²) in [5.74, 6) is 0.612. The van der Waals surface area contributed by atoms with Crippen LogP contribution in [-0.4, -0.2) is 11.0 Å². The molecular weight excluding hydrogens is 203 g/mol. The molecule has 76 valence electrons. The second kappa shape index (κ2) is 3.73. The molecule has 1 aromatic rings. The van der Waals surface area contributed by atoms with Crippen LogP contribution >= 0.6 is 11.6 Å². The fourth-order valence-corrected chi connectivity index (χ4v) is 1.72. The molecule has 0 amide bonds. The van der Waals surface area contributed by atoms with Crippen LogP contribution in [0.1, 0.15) is 19.8 Å². The highest BCUT2D eigenvalue weighted by Gasteiger charge is 2.35. The van der Waals surface area contributed by atoms with Crippen LogP contribution in [0.25, 0.3) is 0 Å². The van der Waals surface area contributed by atoms with E-state index in [1.165, 1.54) is 12.3 Å². The first kappa shape index (κ1) is 9.71. The van der Waals surface area contributed by atoms with Crippen molar-refractivity contribution in [3.63, 3.8) is 0 Å². The summed E-state index contributed by atoms with van der Waals surface area (Å²) in [6.45, 7) is 2.14. The lowest BCUT2D eigenvalue weighted by Gasteiger charge is -2.05. The third kappa shape index (κ3) is 1.98. The lowest BCUT2D eigenvalue weighted by molar-refractivity contribution is 0.623. The van der Waals surface area contributed by atoms with Gasteiger partial charge in [0.1, 0.15) is 0 Å². The van der Waals surface area contributed by atoms with Crippen molar-refractivity contribution in [1.82, 2.24) is 4.98 Å². The minimum absolute atomic E-state index is 0.315. The van der Waals surface area contributed by atoms with E-state index >= 15 is 0 Å². The van der Waals surface area contributed by atoms with E-state index < -0.39 is 0 Å². The zero-order chi connectivity index (χ0) is 10.1. The topological polar surface area (TPSA) is 24.9 Å². The monoisotopic (exact) mass is 214 g/mol. The van der Waals surface area contributed by atoms with Gasteiger partial charge < -0.3 is 5.32 Å². The molecule has 2 atom stereocenters. The lowest BCUT2D eigenvalue weighted by Crippen LogP contribution is -2.07. The molecule has 1 N–H and O–H groups in total. The molecule has 2 unspecified atom stereocenters. The fraction of sp³-hybridized carbons (Fsp3) is 0.500. The molecule has 0 spiro atoms. The molecular formula is C10H12ClFN2. The number of hydrogen-bond donors (Lipinski definition) is 1. The molecule has 1 aliphatic rings. The Morgan fingerprint density at radius 2 is 2.50 bits per heavy atom. The quantitative estimate of drug-likeness (QED) is 0.837. The number of halogens is 2. The standard InChI is InChI=1S/C10H12ClFN2/c1-2-6-3-9(6)14-10-8(12)4-7(11)5-13-10/h4-6,9H,2-3H2,1H3,(H,13,14). The summed E-state index contributed by atoms with van der Waals surface area (Å²) in [5.41, 5.74) is 0. The van der Waals surface area contributed by atoms with Gasteiger partial charge >= 0.3 is 0 Å². The number of aromatic nitrogens is 1.